The average molecular weight is 311 g/mol. The molecule has 1 saturated heterocycles. The molecule has 1 N–H and O–H groups in total. The van der Waals surface area contributed by atoms with Crippen molar-refractivity contribution in [2.45, 2.75) is 38.8 Å². The van der Waals surface area contributed by atoms with Gasteiger partial charge in [0.05, 0.1) is 0 Å². The number of benzene rings is 1. The lowest BCUT2D eigenvalue weighted by molar-refractivity contribution is 0.128. The number of hydrogen-bond donors (Lipinski definition) is 1. The van der Waals surface area contributed by atoms with Crippen molar-refractivity contribution in [2.75, 3.05) is 19.6 Å². The highest BCUT2D eigenvalue weighted by Crippen LogP contribution is 2.25. The second-order valence-corrected chi connectivity index (χ2v) is 5.97. The number of piperidine rings is 1. The molecule has 0 aliphatic carbocycles. The highest BCUT2D eigenvalue weighted by atomic mass is 79.9. The van der Waals surface area contributed by atoms with Gasteiger partial charge in [-0.05, 0) is 50.6 Å². The first-order valence-corrected chi connectivity index (χ1v) is 7.73. The molecule has 1 heterocycles. The highest BCUT2D eigenvalue weighted by molar-refractivity contribution is 9.10. The Labute approximate surface area is 119 Å². The molecule has 3 heteroatoms. The number of nitrogens with zero attached hydrogens (tertiary/aromatic N) is 1. The molecule has 2 rings (SSSR count). The van der Waals surface area contributed by atoms with Crippen LogP contribution in [0.25, 0.3) is 0 Å². The highest BCUT2D eigenvalue weighted by Gasteiger charge is 2.24. The summed E-state index contributed by atoms with van der Waals surface area (Å²) in [4.78, 5) is 2.62. The van der Waals surface area contributed by atoms with Gasteiger partial charge in [0, 0.05) is 23.1 Å². The van der Waals surface area contributed by atoms with E-state index in [1.807, 2.05) is 0 Å². The fraction of sp³-hybridized carbons (Fsp3) is 0.600. The summed E-state index contributed by atoms with van der Waals surface area (Å²) in [7, 11) is 0. The number of halogens is 1. The van der Waals surface area contributed by atoms with Gasteiger partial charge < -0.3 is 5.32 Å². The summed E-state index contributed by atoms with van der Waals surface area (Å²) >= 11 is 3.50. The summed E-state index contributed by atoms with van der Waals surface area (Å²) < 4.78 is 1.15. The van der Waals surface area contributed by atoms with Crippen LogP contribution in [0.4, 0.5) is 0 Å². The Kier molecular flexibility index (Phi) is 5.22. The minimum Gasteiger partial charge on any atom is -0.315 e. The lowest BCUT2D eigenvalue weighted by Crippen LogP contribution is -2.46. The molecular weight excluding hydrogens is 288 g/mol. The average Bonchev–Trinajstić information content (AvgIpc) is 2.41. The molecule has 0 spiro atoms. The lowest BCUT2D eigenvalue weighted by Gasteiger charge is -2.38. The molecule has 18 heavy (non-hydrogen) atoms. The van der Waals surface area contributed by atoms with Gasteiger partial charge in [-0.2, -0.15) is 0 Å². The van der Waals surface area contributed by atoms with Crippen LogP contribution in [-0.4, -0.2) is 30.6 Å². The molecule has 1 aromatic rings. The molecule has 0 bridgehead atoms. The molecular formula is C15H23BrN2. The van der Waals surface area contributed by atoms with E-state index in [1.54, 1.807) is 0 Å². The van der Waals surface area contributed by atoms with Crippen molar-refractivity contribution in [3.05, 3.63) is 34.3 Å². The summed E-state index contributed by atoms with van der Waals surface area (Å²) in [5.74, 6) is 0. The second kappa shape index (κ2) is 6.69. The first-order chi connectivity index (χ1) is 8.72. The molecule has 1 aromatic carbocycles. The largest absolute Gasteiger partial charge is 0.315 e. The van der Waals surface area contributed by atoms with Crippen LogP contribution >= 0.6 is 15.9 Å². The molecule has 0 radical (unpaired) electrons. The number of rotatable bonds is 4. The Bertz CT molecular complexity index is 357. The van der Waals surface area contributed by atoms with E-state index >= 15 is 0 Å². The van der Waals surface area contributed by atoms with Crippen molar-refractivity contribution in [3.8, 4) is 0 Å². The second-order valence-electron chi connectivity index (χ2n) is 5.06. The van der Waals surface area contributed by atoms with Crippen molar-refractivity contribution in [2.24, 2.45) is 0 Å². The summed E-state index contributed by atoms with van der Waals surface area (Å²) in [5, 5.41) is 3.52. The van der Waals surface area contributed by atoms with Crippen molar-refractivity contribution < 1.29 is 0 Å². The molecule has 0 aromatic heterocycles. The summed E-state index contributed by atoms with van der Waals surface area (Å²) in [6, 6.07) is 9.91. The topological polar surface area (TPSA) is 15.3 Å². The molecule has 2 atom stereocenters. The summed E-state index contributed by atoms with van der Waals surface area (Å²) in [6.45, 7) is 8.02. The van der Waals surface area contributed by atoms with Crippen molar-refractivity contribution >= 4 is 15.9 Å². The third kappa shape index (κ3) is 3.34. The monoisotopic (exact) mass is 310 g/mol. The van der Waals surface area contributed by atoms with Crippen molar-refractivity contribution in [1.29, 1.82) is 0 Å². The van der Waals surface area contributed by atoms with Gasteiger partial charge in [0.25, 0.3) is 0 Å². The lowest BCUT2D eigenvalue weighted by atomic mass is 10.0. The molecule has 1 fully saturated rings. The van der Waals surface area contributed by atoms with Crippen molar-refractivity contribution in [1.82, 2.24) is 10.2 Å². The van der Waals surface area contributed by atoms with Crippen LogP contribution in [-0.2, 0) is 0 Å². The zero-order valence-electron chi connectivity index (χ0n) is 11.3. The van der Waals surface area contributed by atoms with E-state index in [1.165, 1.54) is 24.9 Å². The smallest absolute Gasteiger partial charge is 0.0323 e. The Morgan fingerprint density at radius 2 is 2.11 bits per heavy atom. The molecule has 0 saturated carbocycles. The predicted molar refractivity (Wildman–Crippen MR) is 80.8 cm³/mol. The standard InChI is InChI=1S/C15H23BrN2/c1-3-18(15-5-4-10-17-11-15)12(2)13-6-8-14(16)9-7-13/h6-9,12,15,17H,3-5,10-11H2,1-2H3. The summed E-state index contributed by atoms with van der Waals surface area (Å²) in [6.07, 6.45) is 2.62. The molecule has 2 nitrogen and oxygen atoms in total. The Morgan fingerprint density at radius 1 is 1.39 bits per heavy atom. The van der Waals surface area contributed by atoms with E-state index in [0.29, 0.717) is 12.1 Å². The van der Waals surface area contributed by atoms with Crippen LogP contribution < -0.4 is 5.32 Å². The Balaban J connectivity index is 2.08. The maximum atomic E-state index is 3.52. The van der Waals surface area contributed by atoms with E-state index in [-0.39, 0.29) is 0 Å². The van der Waals surface area contributed by atoms with E-state index in [9.17, 15) is 0 Å². The third-order valence-corrected chi connectivity index (χ3v) is 4.48. The molecule has 1 aliphatic heterocycles. The van der Waals surface area contributed by atoms with Gasteiger partial charge in [0.15, 0.2) is 0 Å². The van der Waals surface area contributed by atoms with Crippen molar-refractivity contribution in [3.63, 3.8) is 0 Å². The van der Waals surface area contributed by atoms with Gasteiger partial charge in [-0.15, -0.1) is 0 Å². The van der Waals surface area contributed by atoms with Gasteiger partial charge in [0.2, 0.25) is 0 Å². The van der Waals surface area contributed by atoms with Gasteiger partial charge in [-0.25, -0.2) is 0 Å². The number of nitrogens with one attached hydrogen (secondary N) is 1. The zero-order chi connectivity index (χ0) is 13.0. The first-order valence-electron chi connectivity index (χ1n) is 6.94. The normalized spacial score (nSPS) is 22.1. The van der Waals surface area contributed by atoms with Crippen LogP contribution in [0.2, 0.25) is 0 Å². The minimum absolute atomic E-state index is 0.494. The SMILES string of the molecule is CCN(C1CCCNC1)C(C)c1ccc(Br)cc1. The van der Waals surface area contributed by atoms with E-state index in [4.69, 9.17) is 0 Å². The number of likely N-dealkylation sites (N-methyl/N-ethyl adjacent to an activating group) is 1. The van der Waals surface area contributed by atoms with E-state index < -0.39 is 0 Å². The van der Waals surface area contributed by atoms with Crippen LogP contribution in [0.3, 0.4) is 0 Å². The zero-order valence-corrected chi connectivity index (χ0v) is 12.9. The molecule has 1 aliphatic rings. The fourth-order valence-electron chi connectivity index (χ4n) is 2.90. The molecule has 0 amide bonds. The van der Waals surface area contributed by atoms with Gasteiger partial charge in [-0.1, -0.05) is 35.0 Å². The fourth-order valence-corrected chi connectivity index (χ4v) is 3.16. The maximum Gasteiger partial charge on any atom is 0.0323 e. The van der Waals surface area contributed by atoms with Gasteiger partial charge >= 0.3 is 0 Å². The number of hydrogen-bond acceptors (Lipinski definition) is 2. The van der Waals surface area contributed by atoms with Crippen LogP contribution in [0.15, 0.2) is 28.7 Å². The van der Waals surface area contributed by atoms with Crippen LogP contribution in [0.5, 0.6) is 0 Å². The Hall–Kier alpha value is -0.380. The van der Waals surface area contributed by atoms with Gasteiger partial charge in [-0.3, -0.25) is 4.90 Å². The van der Waals surface area contributed by atoms with Crippen LogP contribution in [0, 0.1) is 0 Å². The third-order valence-electron chi connectivity index (χ3n) is 3.95. The first kappa shape index (κ1) is 14.0. The quantitative estimate of drug-likeness (QED) is 0.914. The molecule has 2 unspecified atom stereocenters. The predicted octanol–water partition coefficient (Wildman–Crippen LogP) is 3.58. The minimum atomic E-state index is 0.494. The summed E-state index contributed by atoms with van der Waals surface area (Å²) in [5.41, 5.74) is 1.41. The van der Waals surface area contributed by atoms with E-state index in [2.05, 4.69) is 64.3 Å². The Morgan fingerprint density at radius 3 is 2.67 bits per heavy atom. The maximum absolute atomic E-state index is 3.52. The molecule has 100 valence electrons. The van der Waals surface area contributed by atoms with Gasteiger partial charge in [0.1, 0.15) is 0 Å². The van der Waals surface area contributed by atoms with Crippen LogP contribution in [0.1, 0.15) is 38.3 Å². The van der Waals surface area contributed by atoms with E-state index in [0.717, 1.165) is 17.6 Å².